The third-order valence-electron chi connectivity index (χ3n) is 6.61. The van der Waals surface area contributed by atoms with Crippen molar-refractivity contribution >= 4 is 39.4 Å². The molecular weight excluding hydrogens is 452 g/mol. The molecule has 6 nitrogen and oxygen atoms in total. The molecule has 1 aliphatic rings. The third kappa shape index (κ3) is 4.01. The number of para-hydroxylation sites is 3. The molecule has 1 aromatic heterocycles. The zero-order valence-electron chi connectivity index (χ0n) is 19.6. The highest BCUT2D eigenvalue weighted by Gasteiger charge is 2.23. The van der Waals surface area contributed by atoms with Crippen molar-refractivity contribution in [2.45, 2.75) is 19.3 Å². The van der Waals surface area contributed by atoms with Crippen molar-refractivity contribution in [2.24, 2.45) is 0 Å². The number of hydrogen-bond donors (Lipinski definition) is 0. The minimum atomic E-state index is -0.476. The molecule has 0 N–H and O–H groups in total. The number of amides is 1. The minimum absolute atomic E-state index is 0.0117. The lowest BCUT2D eigenvalue weighted by molar-refractivity contribution is -0.119. The van der Waals surface area contributed by atoms with Crippen LogP contribution in [0.5, 0.6) is 0 Å². The molecule has 0 saturated heterocycles. The largest absolute Gasteiger partial charge is 0.462 e. The highest BCUT2D eigenvalue weighted by Crippen LogP contribution is 2.33. The van der Waals surface area contributed by atoms with E-state index >= 15 is 0 Å². The Kier molecular flexibility index (Phi) is 5.70. The van der Waals surface area contributed by atoms with Crippen LogP contribution in [0.4, 0.5) is 5.69 Å². The highest BCUT2D eigenvalue weighted by molar-refractivity contribution is 6.10. The number of aryl methyl sites for hydroxylation is 1. The van der Waals surface area contributed by atoms with Gasteiger partial charge in [0.1, 0.15) is 12.1 Å². The van der Waals surface area contributed by atoms with E-state index in [1.54, 1.807) is 11.0 Å². The summed E-state index contributed by atoms with van der Waals surface area (Å²) in [5, 5.41) is 1.60. The molecule has 1 amide bonds. The molecule has 6 heteroatoms. The van der Waals surface area contributed by atoms with Gasteiger partial charge in [0.05, 0.1) is 12.0 Å². The summed E-state index contributed by atoms with van der Waals surface area (Å²) in [6.07, 6.45) is 2.03. The van der Waals surface area contributed by atoms with E-state index in [2.05, 4.69) is 11.1 Å². The molecule has 0 bridgehead atoms. The zero-order chi connectivity index (χ0) is 24.5. The third-order valence-corrected chi connectivity index (χ3v) is 6.61. The Morgan fingerprint density at radius 3 is 2.61 bits per heavy atom. The summed E-state index contributed by atoms with van der Waals surface area (Å²) in [6.45, 7) is 0.693. The van der Waals surface area contributed by atoms with Crippen molar-refractivity contribution < 1.29 is 18.7 Å². The standard InChI is InChI=1S/C30H24N2O4/c33-27(32-18-7-11-20-8-1-3-15-25(20)32)17-19-35-30(34)23-13-6-10-21-9-5-12-22(28(21)23)29-31-24-14-2-4-16-26(24)36-29/h1-6,8-10,12-16H,7,11,17-19H2. The van der Waals surface area contributed by atoms with E-state index in [0.717, 1.165) is 35.0 Å². The molecular formula is C30H24N2O4. The second kappa shape index (κ2) is 9.30. The first-order valence-electron chi connectivity index (χ1n) is 12.1. The number of ether oxygens (including phenoxy) is 1. The Morgan fingerprint density at radius 1 is 0.917 bits per heavy atom. The number of hydrogen-bond acceptors (Lipinski definition) is 5. The SMILES string of the molecule is O=C(OCCC(=O)N1CCCc2ccccc21)c1cccc2cccc(-c3nc4ccccc4o3)c12. The Bertz CT molecular complexity index is 1570. The maximum atomic E-state index is 13.2. The van der Waals surface area contributed by atoms with Crippen LogP contribution in [0.1, 0.15) is 28.8 Å². The van der Waals surface area contributed by atoms with Gasteiger partial charge in [0.15, 0.2) is 5.58 Å². The van der Waals surface area contributed by atoms with Gasteiger partial charge >= 0.3 is 5.97 Å². The van der Waals surface area contributed by atoms with E-state index in [9.17, 15) is 9.59 Å². The number of fused-ring (bicyclic) bond motifs is 3. The topological polar surface area (TPSA) is 72.6 Å². The van der Waals surface area contributed by atoms with Crippen LogP contribution in [0.3, 0.4) is 0 Å². The molecule has 0 radical (unpaired) electrons. The molecule has 0 saturated carbocycles. The molecule has 0 fully saturated rings. The van der Waals surface area contributed by atoms with Gasteiger partial charge in [-0.15, -0.1) is 0 Å². The Labute approximate surface area is 208 Å². The van der Waals surface area contributed by atoms with Crippen LogP contribution in [-0.2, 0) is 16.0 Å². The van der Waals surface area contributed by atoms with Gasteiger partial charge in [-0.2, -0.15) is 0 Å². The fraction of sp³-hybridized carbons (Fsp3) is 0.167. The maximum absolute atomic E-state index is 13.2. The van der Waals surface area contributed by atoms with Crippen molar-refractivity contribution in [3.63, 3.8) is 0 Å². The van der Waals surface area contributed by atoms with Crippen LogP contribution in [0.15, 0.2) is 89.3 Å². The number of nitrogens with zero attached hydrogens (tertiary/aromatic N) is 2. The molecule has 0 spiro atoms. The molecule has 4 aromatic carbocycles. The zero-order valence-corrected chi connectivity index (χ0v) is 19.6. The van der Waals surface area contributed by atoms with Gasteiger partial charge < -0.3 is 14.1 Å². The van der Waals surface area contributed by atoms with E-state index in [1.165, 1.54) is 5.56 Å². The number of rotatable bonds is 5. The average molecular weight is 477 g/mol. The van der Waals surface area contributed by atoms with E-state index in [1.807, 2.05) is 72.8 Å². The van der Waals surface area contributed by atoms with Gasteiger partial charge in [-0.25, -0.2) is 9.78 Å². The first-order valence-corrected chi connectivity index (χ1v) is 12.1. The van der Waals surface area contributed by atoms with E-state index < -0.39 is 5.97 Å². The lowest BCUT2D eigenvalue weighted by atomic mass is 9.99. The molecule has 2 heterocycles. The first-order chi connectivity index (χ1) is 17.7. The number of carbonyl (C=O) groups excluding carboxylic acids is 2. The smallest absolute Gasteiger partial charge is 0.338 e. The fourth-order valence-electron chi connectivity index (χ4n) is 4.91. The second-order valence-corrected chi connectivity index (χ2v) is 8.86. The molecule has 0 atom stereocenters. The predicted molar refractivity (Wildman–Crippen MR) is 139 cm³/mol. The molecule has 5 aromatic rings. The van der Waals surface area contributed by atoms with Crippen LogP contribution in [0.2, 0.25) is 0 Å². The molecule has 6 rings (SSSR count). The van der Waals surface area contributed by atoms with Crippen molar-refractivity contribution in [3.05, 3.63) is 96.1 Å². The first kappa shape index (κ1) is 22.0. The van der Waals surface area contributed by atoms with Gasteiger partial charge in [0.2, 0.25) is 11.8 Å². The minimum Gasteiger partial charge on any atom is -0.462 e. The maximum Gasteiger partial charge on any atom is 0.338 e. The van der Waals surface area contributed by atoms with Crippen LogP contribution in [0.25, 0.3) is 33.3 Å². The molecule has 0 unspecified atom stereocenters. The normalized spacial score (nSPS) is 13.1. The Morgan fingerprint density at radius 2 is 1.72 bits per heavy atom. The summed E-state index contributed by atoms with van der Waals surface area (Å²) in [5.41, 5.74) is 4.71. The molecule has 1 aliphatic heterocycles. The van der Waals surface area contributed by atoms with Gasteiger partial charge in [0.25, 0.3) is 0 Å². The fourth-order valence-corrected chi connectivity index (χ4v) is 4.91. The second-order valence-electron chi connectivity index (χ2n) is 8.86. The van der Waals surface area contributed by atoms with Gasteiger partial charge in [-0.1, -0.05) is 54.6 Å². The van der Waals surface area contributed by atoms with E-state index in [0.29, 0.717) is 29.0 Å². The number of benzene rings is 4. The number of carbonyl (C=O) groups is 2. The van der Waals surface area contributed by atoms with Crippen molar-refractivity contribution in [1.29, 1.82) is 0 Å². The number of oxazole rings is 1. The Balaban J connectivity index is 1.23. The van der Waals surface area contributed by atoms with E-state index in [4.69, 9.17) is 9.15 Å². The summed E-state index contributed by atoms with van der Waals surface area (Å²) in [5.74, 6) is -0.0722. The molecule has 36 heavy (non-hydrogen) atoms. The van der Waals surface area contributed by atoms with Crippen LogP contribution >= 0.6 is 0 Å². The van der Waals surface area contributed by atoms with Gasteiger partial charge in [-0.05, 0) is 54.1 Å². The van der Waals surface area contributed by atoms with Gasteiger partial charge in [0, 0.05) is 23.2 Å². The van der Waals surface area contributed by atoms with Crippen LogP contribution in [0, 0.1) is 0 Å². The Hall–Kier alpha value is -4.45. The molecule has 178 valence electrons. The highest BCUT2D eigenvalue weighted by atomic mass is 16.5. The van der Waals surface area contributed by atoms with Crippen molar-refractivity contribution in [2.75, 3.05) is 18.1 Å². The molecule has 0 aliphatic carbocycles. The number of anilines is 1. The lowest BCUT2D eigenvalue weighted by Crippen LogP contribution is -2.36. The summed E-state index contributed by atoms with van der Waals surface area (Å²) < 4.78 is 11.6. The predicted octanol–water partition coefficient (Wildman–Crippen LogP) is 6.17. The van der Waals surface area contributed by atoms with Crippen molar-refractivity contribution in [3.8, 4) is 11.5 Å². The lowest BCUT2D eigenvalue weighted by Gasteiger charge is -2.29. The summed E-state index contributed by atoms with van der Waals surface area (Å²) in [6, 6.07) is 26.8. The van der Waals surface area contributed by atoms with E-state index in [-0.39, 0.29) is 18.9 Å². The summed E-state index contributed by atoms with van der Waals surface area (Å²) in [7, 11) is 0. The summed E-state index contributed by atoms with van der Waals surface area (Å²) >= 11 is 0. The quantitative estimate of drug-likeness (QED) is 0.284. The van der Waals surface area contributed by atoms with Crippen molar-refractivity contribution in [1.82, 2.24) is 4.98 Å². The number of aromatic nitrogens is 1. The summed E-state index contributed by atoms with van der Waals surface area (Å²) in [4.78, 5) is 32.5. The van der Waals surface area contributed by atoms with Gasteiger partial charge in [-0.3, -0.25) is 4.79 Å². The monoisotopic (exact) mass is 476 g/mol. The number of esters is 1. The van der Waals surface area contributed by atoms with Crippen LogP contribution in [-0.4, -0.2) is 30.0 Å². The van der Waals surface area contributed by atoms with Crippen LogP contribution < -0.4 is 4.90 Å². The average Bonchev–Trinajstić information content (AvgIpc) is 3.36.